The smallest absolute Gasteiger partial charge is 0.174 e. The number of ether oxygens (including phenoxy) is 4. The molecular weight excluding hydrogens is 865 g/mol. The van der Waals surface area contributed by atoms with Crippen molar-refractivity contribution in [2.24, 2.45) is 0 Å². The van der Waals surface area contributed by atoms with Crippen molar-refractivity contribution in [2.45, 2.75) is 71.2 Å². The highest BCUT2D eigenvalue weighted by atomic mass is 16.5. The van der Waals surface area contributed by atoms with Gasteiger partial charge in [-0.25, -0.2) is 9.97 Å². The molecule has 1 atom stereocenters. The number of nitrogens with one attached hydrogen (secondary N) is 2. The minimum atomic E-state index is 0.339. The Morgan fingerprint density at radius 1 is 0.449 bits per heavy atom. The Labute approximate surface area is 400 Å². The number of benzene rings is 6. The molecule has 14 nitrogen and oxygen atoms in total. The molecule has 10 rings (SSSR count). The normalized spacial score (nSPS) is 11.4. The highest BCUT2D eigenvalue weighted by molar-refractivity contribution is 5.79. The molecule has 0 fully saturated rings. The number of fused-ring (bicyclic) bond motifs is 2. The van der Waals surface area contributed by atoms with Crippen molar-refractivity contribution in [1.82, 2.24) is 51.2 Å². The molecule has 4 heterocycles. The number of H-pyrrole nitrogens is 2. The molecule has 0 spiro atoms. The topological polar surface area (TPSA) is 172 Å². The van der Waals surface area contributed by atoms with E-state index in [9.17, 15) is 0 Å². The van der Waals surface area contributed by atoms with Crippen LogP contribution in [-0.2, 0) is 39.1 Å². The fraction of sp³-hybridized carbons (Fsp3) is 0.200. The van der Waals surface area contributed by atoms with E-state index in [1.807, 2.05) is 121 Å². The SMILES string of the molecule is CC(CCc1nn[nH]n1)c1cccc(Oc2cccc(OCc3ccc4ccccc4n3)c2)c1.c1cc(CCCCc2nn[nH]n2)cc(OCc2cccc(OCc3ccc4ccccc4n3)c2)c1. The Bertz CT molecular complexity index is 3170. The van der Waals surface area contributed by atoms with E-state index < -0.39 is 0 Å². The molecule has 0 aliphatic carbocycles. The Kier molecular flexibility index (Phi) is 15.4. The van der Waals surface area contributed by atoms with Crippen LogP contribution in [0.5, 0.6) is 28.7 Å². The van der Waals surface area contributed by atoms with Gasteiger partial charge in [-0.15, -0.1) is 20.4 Å². The van der Waals surface area contributed by atoms with Crippen LogP contribution in [0.4, 0.5) is 0 Å². The van der Waals surface area contributed by atoms with E-state index in [1.165, 1.54) is 11.1 Å². The minimum Gasteiger partial charge on any atom is -0.489 e. The standard InChI is InChI=1S/C28H27N5O2.C27H25N5O2/c1(4-14-28-30-32-33-31-28)7-21-8-5-11-25(17-21)34-19-22-9-6-12-26(18-22)35-20-24-16-15-23-10-2-3-13-27(23)29-24;1-19(12-15-27-29-31-32-30-27)21-7-4-9-24(16-21)34-25-10-5-8-23(17-25)33-18-22-14-13-20-6-2-3-11-26(20)28-22/h2-3,5-6,8-13,15-18H,1,4,7,14,19-20H2,(H,30,31,32,33);2-11,13-14,16-17,19H,12,15,18H2,1H3,(H,29,30,31,32). The van der Waals surface area contributed by atoms with Gasteiger partial charge in [-0.1, -0.05) is 108 Å². The first-order valence-corrected chi connectivity index (χ1v) is 23.1. The summed E-state index contributed by atoms with van der Waals surface area (Å²) in [6.45, 7) is 3.48. The van der Waals surface area contributed by atoms with Gasteiger partial charge in [0, 0.05) is 29.7 Å². The molecule has 0 radical (unpaired) electrons. The van der Waals surface area contributed by atoms with Gasteiger partial charge in [-0.05, 0) is 121 Å². The van der Waals surface area contributed by atoms with Gasteiger partial charge < -0.3 is 18.9 Å². The largest absolute Gasteiger partial charge is 0.489 e. The predicted molar refractivity (Wildman–Crippen MR) is 264 cm³/mol. The lowest BCUT2D eigenvalue weighted by molar-refractivity contribution is 0.293. The van der Waals surface area contributed by atoms with Crippen LogP contribution >= 0.6 is 0 Å². The average Bonchev–Trinajstić information content (AvgIpc) is 4.14. The second kappa shape index (κ2) is 23.3. The zero-order valence-electron chi connectivity index (χ0n) is 38.3. The number of aromatic amines is 2. The highest BCUT2D eigenvalue weighted by Crippen LogP contribution is 2.30. The molecule has 0 aliphatic rings. The van der Waals surface area contributed by atoms with Crippen LogP contribution in [0.3, 0.4) is 0 Å². The summed E-state index contributed by atoms with van der Waals surface area (Å²) < 4.78 is 24.2. The molecule has 6 aromatic carbocycles. The third-order valence-corrected chi connectivity index (χ3v) is 11.5. The van der Waals surface area contributed by atoms with Crippen LogP contribution in [0.15, 0.2) is 170 Å². The van der Waals surface area contributed by atoms with Gasteiger partial charge in [0.05, 0.1) is 22.4 Å². The fourth-order valence-electron chi connectivity index (χ4n) is 7.72. The van der Waals surface area contributed by atoms with E-state index in [0.717, 1.165) is 118 Å². The van der Waals surface area contributed by atoms with Crippen molar-refractivity contribution in [2.75, 3.05) is 0 Å². The number of para-hydroxylation sites is 2. The monoisotopic (exact) mass is 916 g/mol. The van der Waals surface area contributed by atoms with Crippen LogP contribution < -0.4 is 18.9 Å². The Balaban J connectivity index is 0.000000172. The highest BCUT2D eigenvalue weighted by Gasteiger charge is 2.11. The molecule has 1 unspecified atom stereocenters. The number of hydrogen-bond donors (Lipinski definition) is 2. The number of nitrogens with zero attached hydrogens (tertiary/aromatic N) is 8. The molecule has 10 aromatic rings. The molecule has 4 aromatic heterocycles. The number of rotatable bonds is 20. The first-order valence-electron chi connectivity index (χ1n) is 23.1. The van der Waals surface area contributed by atoms with Gasteiger partial charge in [0.15, 0.2) is 11.6 Å². The zero-order valence-corrected chi connectivity index (χ0v) is 38.3. The maximum Gasteiger partial charge on any atom is 0.174 e. The second-order valence-electron chi connectivity index (χ2n) is 16.6. The molecule has 69 heavy (non-hydrogen) atoms. The first kappa shape index (κ1) is 45.6. The second-order valence-corrected chi connectivity index (χ2v) is 16.6. The van der Waals surface area contributed by atoms with E-state index in [4.69, 9.17) is 18.9 Å². The maximum absolute atomic E-state index is 6.13. The number of aromatic nitrogens is 10. The number of unbranched alkanes of at least 4 members (excludes halogenated alkanes) is 1. The zero-order chi connectivity index (χ0) is 46.9. The minimum absolute atomic E-state index is 0.339. The van der Waals surface area contributed by atoms with Gasteiger partial charge in [-0.3, -0.25) is 0 Å². The van der Waals surface area contributed by atoms with Crippen molar-refractivity contribution in [3.05, 3.63) is 210 Å². The number of pyridine rings is 2. The molecule has 0 saturated carbocycles. The molecule has 14 heteroatoms. The third-order valence-electron chi connectivity index (χ3n) is 11.5. The molecule has 0 bridgehead atoms. The molecule has 2 N–H and O–H groups in total. The van der Waals surface area contributed by atoms with E-state index in [1.54, 1.807) is 0 Å². The predicted octanol–water partition coefficient (Wildman–Crippen LogP) is 11.3. The van der Waals surface area contributed by atoms with Crippen LogP contribution in [0.2, 0.25) is 0 Å². The average molecular weight is 917 g/mol. The first-order chi connectivity index (χ1) is 34.0. The molecule has 346 valence electrons. The van der Waals surface area contributed by atoms with Crippen molar-refractivity contribution in [3.8, 4) is 28.7 Å². The van der Waals surface area contributed by atoms with Crippen molar-refractivity contribution in [1.29, 1.82) is 0 Å². The Hall–Kier alpha value is -8.52. The van der Waals surface area contributed by atoms with Crippen molar-refractivity contribution < 1.29 is 18.9 Å². The summed E-state index contributed by atoms with van der Waals surface area (Å²) in [5, 5.41) is 30.5. The van der Waals surface area contributed by atoms with Crippen LogP contribution in [0.25, 0.3) is 21.8 Å². The molecule has 0 saturated heterocycles. The Morgan fingerprint density at radius 2 is 0.971 bits per heavy atom. The summed E-state index contributed by atoms with van der Waals surface area (Å²) in [7, 11) is 0. The van der Waals surface area contributed by atoms with Crippen molar-refractivity contribution >= 4 is 21.8 Å². The van der Waals surface area contributed by atoms with E-state index >= 15 is 0 Å². The van der Waals surface area contributed by atoms with E-state index in [-0.39, 0.29) is 0 Å². The fourth-order valence-corrected chi connectivity index (χ4v) is 7.72. The van der Waals surface area contributed by atoms with E-state index in [0.29, 0.717) is 25.7 Å². The van der Waals surface area contributed by atoms with Crippen LogP contribution in [-0.4, -0.2) is 51.2 Å². The van der Waals surface area contributed by atoms with Crippen LogP contribution in [0.1, 0.15) is 71.8 Å². The van der Waals surface area contributed by atoms with Gasteiger partial charge in [0.25, 0.3) is 0 Å². The lowest BCUT2D eigenvalue weighted by Crippen LogP contribution is -2.00. The molecule has 0 aliphatic heterocycles. The number of hydrogen-bond acceptors (Lipinski definition) is 12. The summed E-state index contributed by atoms with van der Waals surface area (Å²) in [5.41, 5.74) is 7.25. The Morgan fingerprint density at radius 3 is 1.62 bits per heavy atom. The lowest BCUT2D eigenvalue weighted by atomic mass is 9.96. The number of aryl methyl sites for hydroxylation is 3. The van der Waals surface area contributed by atoms with E-state index in [2.05, 4.69) is 107 Å². The summed E-state index contributed by atoms with van der Waals surface area (Å²) in [6, 6.07) is 56.4. The summed E-state index contributed by atoms with van der Waals surface area (Å²) in [5.74, 6) is 5.75. The van der Waals surface area contributed by atoms with Gasteiger partial charge in [-0.2, -0.15) is 10.4 Å². The van der Waals surface area contributed by atoms with Gasteiger partial charge in [0.1, 0.15) is 48.6 Å². The lowest BCUT2D eigenvalue weighted by Gasteiger charge is -2.13. The quantitative estimate of drug-likeness (QED) is 0.0694. The molecule has 0 amide bonds. The van der Waals surface area contributed by atoms with Gasteiger partial charge in [0.2, 0.25) is 0 Å². The summed E-state index contributed by atoms with van der Waals surface area (Å²) >= 11 is 0. The maximum atomic E-state index is 6.13. The third kappa shape index (κ3) is 13.5. The van der Waals surface area contributed by atoms with Crippen molar-refractivity contribution in [3.63, 3.8) is 0 Å². The van der Waals surface area contributed by atoms with Crippen LogP contribution in [0, 0.1) is 0 Å². The summed E-state index contributed by atoms with van der Waals surface area (Å²) in [4.78, 5) is 9.35. The summed E-state index contributed by atoms with van der Waals surface area (Å²) in [6.07, 6.45) is 5.60. The number of tetrazole rings is 2. The van der Waals surface area contributed by atoms with Gasteiger partial charge >= 0.3 is 0 Å². The molecular formula is C55H52N10O4.